The van der Waals surface area contributed by atoms with E-state index in [0.29, 0.717) is 5.92 Å². The van der Waals surface area contributed by atoms with Gasteiger partial charge in [-0.25, -0.2) is 4.79 Å². The van der Waals surface area contributed by atoms with Crippen molar-refractivity contribution in [2.75, 3.05) is 0 Å². The van der Waals surface area contributed by atoms with Gasteiger partial charge in [-0.3, -0.25) is 0 Å². The van der Waals surface area contributed by atoms with E-state index in [4.69, 9.17) is 5.90 Å². The van der Waals surface area contributed by atoms with Crippen LogP contribution in [0.1, 0.15) is 40.0 Å². The zero-order valence-corrected chi connectivity index (χ0v) is 9.17. The Kier molecular flexibility index (Phi) is 3.32. The first kappa shape index (κ1) is 11.2. The standard InChI is InChI=1S/C11H19NO2/c1-8-5-4-6-11(2,3)9(8)7-10(13)14-12/h7-8H,4-6,12H2,1-3H3/b9-7+. The molecule has 0 saturated heterocycles. The molecule has 0 aromatic heterocycles. The maximum Gasteiger partial charge on any atom is 0.349 e. The van der Waals surface area contributed by atoms with Gasteiger partial charge >= 0.3 is 5.97 Å². The van der Waals surface area contributed by atoms with Crippen LogP contribution in [0.4, 0.5) is 0 Å². The number of nitrogens with two attached hydrogens (primary N) is 1. The van der Waals surface area contributed by atoms with Gasteiger partial charge in [-0.05, 0) is 24.2 Å². The lowest BCUT2D eigenvalue weighted by Crippen LogP contribution is -2.26. The monoisotopic (exact) mass is 197 g/mol. The van der Waals surface area contributed by atoms with Gasteiger partial charge in [-0.15, -0.1) is 0 Å². The number of allylic oxidation sites excluding steroid dienone is 1. The average molecular weight is 197 g/mol. The molecule has 0 heterocycles. The lowest BCUT2D eigenvalue weighted by Gasteiger charge is -2.37. The number of carbonyl (C=O) groups is 1. The molecule has 14 heavy (non-hydrogen) atoms. The molecule has 1 saturated carbocycles. The van der Waals surface area contributed by atoms with Crippen LogP contribution in [0.15, 0.2) is 11.6 Å². The van der Waals surface area contributed by atoms with Crippen molar-refractivity contribution in [2.45, 2.75) is 40.0 Å². The molecule has 3 nitrogen and oxygen atoms in total. The van der Waals surface area contributed by atoms with Gasteiger partial charge in [0.05, 0.1) is 0 Å². The summed E-state index contributed by atoms with van der Waals surface area (Å²) in [7, 11) is 0. The van der Waals surface area contributed by atoms with Crippen LogP contribution in [0, 0.1) is 11.3 Å². The van der Waals surface area contributed by atoms with Crippen molar-refractivity contribution >= 4 is 5.97 Å². The van der Waals surface area contributed by atoms with Gasteiger partial charge in [-0.2, -0.15) is 5.90 Å². The molecule has 1 fully saturated rings. The van der Waals surface area contributed by atoms with Crippen molar-refractivity contribution in [2.24, 2.45) is 17.2 Å². The summed E-state index contributed by atoms with van der Waals surface area (Å²) >= 11 is 0. The third-order valence-electron chi connectivity index (χ3n) is 3.14. The lowest BCUT2D eigenvalue weighted by molar-refractivity contribution is -0.138. The highest BCUT2D eigenvalue weighted by atomic mass is 16.7. The lowest BCUT2D eigenvalue weighted by atomic mass is 9.68. The molecule has 0 radical (unpaired) electrons. The van der Waals surface area contributed by atoms with E-state index in [0.717, 1.165) is 12.8 Å². The van der Waals surface area contributed by atoms with Crippen molar-refractivity contribution < 1.29 is 9.63 Å². The van der Waals surface area contributed by atoms with Gasteiger partial charge in [0.1, 0.15) is 0 Å². The normalized spacial score (nSPS) is 28.9. The highest BCUT2D eigenvalue weighted by Gasteiger charge is 2.31. The van der Waals surface area contributed by atoms with E-state index >= 15 is 0 Å². The Hall–Kier alpha value is -0.830. The first-order chi connectivity index (χ1) is 6.47. The Balaban J connectivity index is 2.90. The van der Waals surface area contributed by atoms with E-state index in [9.17, 15) is 4.79 Å². The molecule has 1 rings (SSSR count). The van der Waals surface area contributed by atoms with E-state index < -0.39 is 5.97 Å². The molecule has 1 aliphatic carbocycles. The first-order valence-corrected chi connectivity index (χ1v) is 5.10. The number of hydrogen-bond donors (Lipinski definition) is 1. The van der Waals surface area contributed by atoms with E-state index in [-0.39, 0.29) is 5.41 Å². The molecule has 3 heteroatoms. The Labute approximate surface area is 85.3 Å². The molecule has 0 aliphatic heterocycles. The summed E-state index contributed by atoms with van der Waals surface area (Å²) in [6, 6.07) is 0. The largest absolute Gasteiger partial charge is 0.370 e. The van der Waals surface area contributed by atoms with Gasteiger partial charge < -0.3 is 4.84 Å². The second kappa shape index (κ2) is 4.13. The highest BCUT2D eigenvalue weighted by molar-refractivity contribution is 5.82. The summed E-state index contributed by atoms with van der Waals surface area (Å²) in [5.41, 5.74) is 1.27. The molecule has 0 amide bonds. The Morgan fingerprint density at radius 1 is 1.64 bits per heavy atom. The predicted octanol–water partition coefficient (Wildman–Crippen LogP) is 2.18. The summed E-state index contributed by atoms with van der Waals surface area (Å²) in [5, 5.41) is 0. The van der Waals surface area contributed by atoms with Crippen molar-refractivity contribution in [3.63, 3.8) is 0 Å². The molecule has 80 valence electrons. The zero-order valence-electron chi connectivity index (χ0n) is 9.17. The molecule has 1 unspecified atom stereocenters. The van der Waals surface area contributed by atoms with Crippen LogP contribution in [0.25, 0.3) is 0 Å². The smallest absolute Gasteiger partial charge is 0.349 e. The van der Waals surface area contributed by atoms with Crippen LogP contribution in [-0.2, 0) is 9.63 Å². The van der Waals surface area contributed by atoms with Crippen molar-refractivity contribution in [3.05, 3.63) is 11.6 Å². The Morgan fingerprint density at radius 2 is 2.29 bits per heavy atom. The van der Waals surface area contributed by atoms with E-state index in [2.05, 4.69) is 25.6 Å². The van der Waals surface area contributed by atoms with Gasteiger partial charge in [0.25, 0.3) is 0 Å². The minimum atomic E-state index is -0.443. The van der Waals surface area contributed by atoms with Crippen molar-refractivity contribution in [1.82, 2.24) is 0 Å². The van der Waals surface area contributed by atoms with Crippen LogP contribution in [-0.4, -0.2) is 5.97 Å². The predicted molar refractivity (Wildman–Crippen MR) is 55.2 cm³/mol. The minimum Gasteiger partial charge on any atom is -0.370 e. The fraction of sp³-hybridized carbons (Fsp3) is 0.727. The Bertz CT molecular complexity index is 256. The summed E-state index contributed by atoms with van der Waals surface area (Å²) in [6.07, 6.45) is 5.06. The first-order valence-electron chi connectivity index (χ1n) is 5.10. The molecule has 2 N–H and O–H groups in total. The summed E-state index contributed by atoms with van der Waals surface area (Å²) in [5.74, 6) is 4.84. The molecule has 0 spiro atoms. The average Bonchev–Trinajstić information content (AvgIpc) is 2.11. The second-order valence-electron chi connectivity index (χ2n) is 4.71. The molecular weight excluding hydrogens is 178 g/mol. The van der Waals surface area contributed by atoms with E-state index in [1.54, 1.807) is 6.08 Å². The van der Waals surface area contributed by atoms with Gasteiger partial charge in [0.15, 0.2) is 0 Å². The molecule has 0 aromatic rings. The van der Waals surface area contributed by atoms with Crippen molar-refractivity contribution in [1.29, 1.82) is 0 Å². The molecular formula is C11H19NO2. The second-order valence-corrected chi connectivity index (χ2v) is 4.71. The van der Waals surface area contributed by atoms with Crippen LogP contribution >= 0.6 is 0 Å². The van der Waals surface area contributed by atoms with Crippen LogP contribution < -0.4 is 5.90 Å². The molecule has 0 bridgehead atoms. The minimum absolute atomic E-state index is 0.103. The number of hydrogen-bond acceptors (Lipinski definition) is 3. The van der Waals surface area contributed by atoms with Crippen molar-refractivity contribution in [3.8, 4) is 0 Å². The maximum atomic E-state index is 11.1. The quantitative estimate of drug-likeness (QED) is 0.517. The highest BCUT2D eigenvalue weighted by Crippen LogP contribution is 2.43. The fourth-order valence-electron chi connectivity index (χ4n) is 2.32. The van der Waals surface area contributed by atoms with Crippen LogP contribution in [0.3, 0.4) is 0 Å². The summed E-state index contributed by atoms with van der Waals surface area (Å²) < 4.78 is 0. The Morgan fingerprint density at radius 3 is 2.79 bits per heavy atom. The van der Waals surface area contributed by atoms with Gasteiger partial charge in [0, 0.05) is 6.08 Å². The van der Waals surface area contributed by atoms with Gasteiger partial charge in [-0.1, -0.05) is 32.8 Å². The maximum absolute atomic E-state index is 11.1. The number of carbonyl (C=O) groups excluding carboxylic acids is 1. The topological polar surface area (TPSA) is 52.3 Å². The van der Waals surface area contributed by atoms with E-state index in [1.807, 2.05) is 0 Å². The fourth-order valence-corrected chi connectivity index (χ4v) is 2.32. The molecule has 1 atom stereocenters. The van der Waals surface area contributed by atoms with Crippen LogP contribution in [0.2, 0.25) is 0 Å². The summed E-state index contributed by atoms with van der Waals surface area (Å²) in [6.45, 7) is 6.48. The third kappa shape index (κ3) is 2.35. The summed E-state index contributed by atoms with van der Waals surface area (Å²) in [4.78, 5) is 15.3. The molecule has 0 aromatic carbocycles. The molecule has 1 aliphatic rings. The van der Waals surface area contributed by atoms with Gasteiger partial charge in [0.2, 0.25) is 0 Å². The number of rotatable bonds is 1. The van der Waals surface area contributed by atoms with Crippen LogP contribution in [0.5, 0.6) is 0 Å². The third-order valence-corrected chi connectivity index (χ3v) is 3.14. The zero-order chi connectivity index (χ0) is 10.8. The SMILES string of the molecule is CC1CCCC(C)(C)/C1=C/C(=O)ON. The van der Waals surface area contributed by atoms with E-state index in [1.165, 1.54) is 12.0 Å².